The summed E-state index contributed by atoms with van der Waals surface area (Å²) in [5, 5.41) is 0. The van der Waals surface area contributed by atoms with Crippen molar-refractivity contribution in [3.05, 3.63) is 108 Å². The first-order valence-corrected chi connectivity index (χ1v) is 10.0. The summed E-state index contributed by atoms with van der Waals surface area (Å²) in [6, 6.07) is 24.7. The predicted octanol–water partition coefficient (Wildman–Crippen LogP) is 4.64. The minimum absolute atomic E-state index is 0. The number of fused-ring (bicyclic) bond motifs is 6. The first kappa shape index (κ1) is 19.3. The maximum Gasteiger partial charge on any atom is 4.00 e. The van der Waals surface area contributed by atoms with Gasteiger partial charge in [-0.25, -0.2) is 0 Å². The molecule has 0 saturated heterocycles. The number of nitrogens with zero attached hydrogens (tertiary/aromatic N) is 4. The van der Waals surface area contributed by atoms with Crippen molar-refractivity contribution >= 4 is 0 Å². The van der Waals surface area contributed by atoms with Gasteiger partial charge >= 0.3 is 21.1 Å². The van der Waals surface area contributed by atoms with Gasteiger partial charge in [0.1, 0.15) is 0 Å². The minimum atomic E-state index is -0.161. The van der Waals surface area contributed by atoms with Crippen molar-refractivity contribution in [3.63, 3.8) is 0 Å². The van der Waals surface area contributed by atoms with E-state index in [0.717, 1.165) is 24.5 Å². The Hall–Kier alpha value is -2.71. The summed E-state index contributed by atoms with van der Waals surface area (Å²) in [5.74, 6) is 0. The summed E-state index contributed by atoms with van der Waals surface area (Å²) in [6.07, 6.45) is 8.70. The van der Waals surface area contributed by atoms with Crippen LogP contribution >= 0.6 is 0 Å². The zero-order valence-electron chi connectivity index (χ0n) is 16.9. The monoisotopic (exact) mass is 573 g/mol. The molecule has 0 spiro atoms. The molecule has 0 saturated carbocycles. The fourth-order valence-corrected chi connectivity index (χ4v) is 4.37. The Morgan fingerprint density at radius 1 is 0.733 bits per heavy atom. The number of aromatic nitrogens is 4. The molecule has 4 aliphatic heterocycles. The van der Waals surface area contributed by atoms with Crippen LogP contribution in [0.4, 0.5) is 0 Å². The molecular weight excluding hydrogens is 551 g/mol. The predicted molar refractivity (Wildman–Crippen MR) is 113 cm³/mol. The van der Waals surface area contributed by atoms with Crippen LogP contribution in [0, 0.1) is 12.1 Å². The second-order valence-electron chi connectivity index (χ2n) is 8.51. The average molecular weight is 574 g/mol. The van der Waals surface area contributed by atoms with Gasteiger partial charge in [0.2, 0.25) is 0 Å². The van der Waals surface area contributed by atoms with Crippen molar-refractivity contribution in [1.29, 1.82) is 0 Å². The SMILES string of the molecule is CC1(C)c2[c-]c(ccc2)Cn2cc3ccc4cn([cH-]n-4n-3[cH-]2)Cc2[c-]c1ccc2.[Pt+4]. The Kier molecular flexibility index (Phi) is 4.44. The van der Waals surface area contributed by atoms with E-state index in [1.165, 1.54) is 22.3 Å². The molecule has 4 heterocycles. The third-order valence-corrected chi connectivity index (χ3v) is 6.06. The second-order valence-corrected chi connectivity index (χ2v) is 8.51. The van der Waals surface area contributed by atoms with Crippen LogP contribution in [0.15, 0.2) is 73.6 Å². The standard InChI is InChI=1S/C25H22N4.Pt/c1-25(2)21-7-3-5-19(11-21)13-26-15-23-9-10-24-16-27(18-29(24)28(23)17-26)14-20-6-4-8-22(25)12-20;/h3-10,15-18H,13-14H2,1-2H3;/q-4;+4. The quantitative estimate of drug-likeness (QED) is 0.241. The van der Waals surface area contributed by atoms with Crippen molar-refractivity contribution in [2.24, 2.45) is 0 Å². The van der Waals surface area contributed by atoms with Crippen LogP contribution in [-0.4, -0.2) is 18.5 Å². The summed E-state index contributed by atoms with van der Waals surface area (Å²) in [6.45, 7) is 6.10. The van der Waals surface area contributed by atoms with Gasteiger partial charge in [-0.15, -0.1) is 35.7 Å². The van der Waals surface area contributed by atoms with Gasteiger partial charge in [-0.3, -0.25) is 0 Å². The van der Waals surface area contributed by atoms with E-state index < -0.39 is 0 Å². The van der Waals surface area contributed by atoms with Gasteiger partial charge < -0.3 is 18.5 Å². The van der Waals surface area contributed by atoms with E-state index >= 15 is 0 Å². The molecule has 0 radical (unpaired) electrons. The fraction of sp³-hybridized carbons (Fsp3) is 0.200. The molecule has 4 aliphatic rings. The van der Waals surface area contributed by atoms with E-state index in [4.69, 9.17) is 0 Å². The van der Waals surface area contributed by atoms with Crippen LogP contribution in [0.25, 0.3) is 11.4 Å². The summed E-state index contributed by atoms with van der Waals surface area (Å²) < 4.78 is 8.85. The van der Waals surface area contributed by atoms with Crippen LogP contribution in [0.2, 0.25) is 0 Å². The van der Waals surface area contributed by atoms with Gasteiger partial charge in [0.15, 0.2) is 0 Å². The molecule has 0 atom stereocenters. The molecule has 5 heteroatoms. The Labute approximate surface area is 190 Å². The van der Waals surface area contributed by atoms with Crippen LogP contribution in [0.1, 0.15) is 36.1 Å². The van der Waals surface area contributed by atoms with Gasteiger partial charge in [-0.2, -0.15) is 59.7 Å². The molecule has 2 aromatic rings. The van der Waals surface area contributed by atoms with Gasteiger partial charge in [0.25, 0.3) is 0 Å². The largest absolute Gasteiger partial charge is 4.00 e. The number of hydrogen-bond donors (Lipinski definition) is 0. The summed E-state index contributed by atoms with van der Waals surface area (Å²) in [5.41, 5.74) is 6.92. The third kappa shape index (κ3) is 3.02. The van der Waals surface area contributed by atoms with Crippen molar-refractivity contribution in [2.45, 2.75) is 32.4 Å². The number of benzene rings is 2. The number of imidazole rings is 2. The average Bonchev–Trinajstić information content (AvgIpc) is 3.30. The van der Waals surface area contributed by atoms with E-state index in [1.807, 2.05) is 0 Å². The Morgan fingerprint density at radius 2 is 1.20 bits per heavy atom. The molecule has 4 nitrogen and oxygen atoms in total. The van der Waals surface area contributed by atoms with Gasteiger partial charge in [-0.1, -0.05) is 25.2 Å². The van der Waals surface area contributed by atoms with Crippen molar-refractivity contribution in [2.75, 3.05) is 0 Å². The second kappa shape index (κ2) is 6.92. The molecule has 0 unspecified atom stereocenters. The zero-order chi connectivity index (χ0) is 19.6. The molecule has 30 heavy (non-hydrogen) atoms. The van der Waals surface area contributed by atoms with E-state index in [-0.39, 0.29) is 26.5 Å². The first-order chi connectivity index (χ1) is 14.1. The summed E-state index contributed by atoms with van der Waals surface area (Å²) in [4.78, 5) is 0. The van der Waals surface area contributed by atoms with E-state index in [0.29, 0.717) is 0 Å². The topological polar surface area (TPSA) is 19.7 Å². The maximum absolute atomic E-state index is 3.68. The Bertz CT molecular complexity index is 1200. The third-order valence-electron chi connectivity index (χ3n) is 6.06. The van der Waals surface area contributed by atoms with E-state index in [1.54, 1.807) is 0 Å². The molecule has 6 rings (SSSR count). The minimum Gasteiger partial charge on any atom is -0.450 e. The molecule has 0 fully saturated rings. The summed E-state index contributed by atoms with van der Waals surface area (Å²) in [7, 11) is 0. The molecule has 152 valence electrons. The fourth-order valence-electron chi connectivity index (χ4n) is 4.37. The van der Waals surface area contributed by atoms with Crippen LogP contribution in [0.5, 0.6) is 0 Å². The van der Waals surface area contributed by atoms with Crippen LogP contribution < -0.4 is 0 Å². The Balaban J connectivity index is 0.00000193. The van der Waals surface area contributed by atoms with Crippen LogP contribution in [0.3, 0.4) is 0 Å². The zero-order valence-corrected chi connectivity index (χ0v) is 19.2. The van der Waals surface area contributed by atoms with Crippen molar-refractivity contribution in [1.82, 2.24) is 18.5 Å². The molecule has 0 aromatic heterocycles. The number of hydrogen-bond acceptors (Lipinski definition) is 0. The van der Waals surface area contributed by atoms with Gasteiger partial charge in [-0.05, 0) is 18.1 Å². The molecule has 0 aliphatic carbocycles. The summed E-state index contributed by atoms with van der Waals surface area (Å²) >= 11 is 0. The molecule has 0 N–H and O–H groups in total. The maximum atomic E-state index is 3.68. The molecule has 0 amide bonds. The molecule has 2 aromatic carbocycles. The molecular formula is C25H22N4Pt. The Morgan fingerprint density at radius 3 is 1.67 bits per heavy atom. The normalized spacial score (nSPS) is 14.7. The van der Waals surface area contributed by atoms with Gasteiger partial charge in [0.05, 0.1) is 0 Å². The number of rotatable bonds is 0. The van der Waals surface area contributed by atoms with Crippen LogP contribution in [-0.2, 0) is 39.6 Å². The van der Waals surface area contributed by atoms with Crippen molar-refractivity contribution in [3.8, 4) is 11.4 Å². The smallest absolute Gasteiger partial charge is 0.450 e. The van der Waals surface area contributed by atoms with E-state index in [9.17, 15) is 0 Å². The van der Waals surface area contributed by atoms with Gasteiger partial charge in [0, 0.05) is 13.1 Å². The van der Waals surface area contributed by atoms with E-state index in [2.05, 4.69) is 118 Å². The molecule has 8 bridgehead atoms. The van der Waals surface area contributed by atoms with Crippen molar-refractivity contribution < 1.29 is 21.1 Å². The first-order valence-electron chi connectivity index (χ1n) is 10.0.